The standard InChI is InChI=1S/C28H33ClFN3O4S/c1-36-19-3-6-21(7-4-19)38-16-15-33-13-11-28(12-14-33,27(34)32-35)10-9-24(30)26-22-17-20(37-2)5-8-25(22)31-18-23(26)29/h3-8,17-18,24,35H,9-16H2,1-2H3,(H,32,34). The number of methoxy groups -OCH3 is 2. The first-order valence-corrected chi connectivity index (χ1v) is 14.0. The highest BCUT2D eigenvalue weighted by molar-refractivity contribution is 7.99. The summed E-state index contributed by atoms with van der Waals surface area (Å²) >= 11 is 8.16. The molecule has 1 aliphatic rings. The van der Waals surface area contributed by atoms with Crippen LogP contribution in [0.2, 0.25) is 5.02 Å². The van der Waals surface area contributed by atoms with Crippen molar-refractivity contribution in [3.63, 3.8) is 0 Å². The van der Waals surface area contributed by atoms with Crippen LogP contribution in [0.5, 0.6) is 11.5 Å². The Bertz CT molecular complexity index is 1240. The van der Waals surface area contributed by atoms with E-state index in [1.54, 1.807) is 44.2 Å². The quantitative estimate of drug-likeness (QED) is 0.167. The molecule has 0 saturated carbocycles. The van der Waals surface area contributed by atoms with Crippen molar-refractivity contribution < 1.29 is 23.9 Å². The highest BCUT2D eigenvalue weighted by Gasteiger charge is 2.41. The van der Waals surface area contributed by atoms with Gasteiger partial charge in [-0.1, -0.05) is 11.6 Å². The van der Waals surface area contributed by atoms with E-state index in [1.807, 2.05) is 29.7 Å². The number of hydroxylamine groups is 1. The van der Waals surface area contributed by atoms with Crippen LogP contribution in [0.4, 0.5) is 4.39 Å². The van der Waals surface area contributed by atoms with Crippen LogP contribution in [-0.4, -0.2) is 60.6 Å². The molecule has 2 aromatic carbocycles. The first kappa shape index (κ1) is 28.4. The Morgan fingerprint density at radius 1 is 1.18 bits per heavy atom. The zero-order valence-electron chi connectivity index (χ0n) is 21.6. The van der Waals surface area contributed by atoms with Crippen molar-refractivity contribution in [3.8, 4) is 11.5 Å². The Balaban J connectivity index is 1.37. The lowest BCUT2D eigenvalue weighted by Crippen LogP contribution is -2.48. The SMILES string of the molecule is COc1ccc(SCCN2CCC(CCC(F)c3c(Cl)cnc4ccc(OC)cc34)(C(=O)NO)CC2)cc1. The number of amides is 1. The zero-order chi connectivity index (χ0) is 27.1. The van der Waals surface area contributed by atoms with Crippen molar-refractivity contribution in [2.45, 2.75) is 36.8 Å². The Labute approximate surface area is 231 Å². The smallest absolute Gasteiger partial charge is 0.249 e. The number of aromatic nitrogens is 1. The first-order chi connectivity index (χ1) is 18.4. The van der Waals surface area contributed by atoms with E-state index in [0.29, 0.717) is 54.6 Å². The topological polar surface area (TPSA) is 83.9 Å². The molecular weight excluding hydrogens is 529 g/mol. The third-order valence-electron chi connectivity index (χ3n) is 7.39. The summed E-state index contributed by atoms with van der Waals surface area (Å²) in [6, 6.07) is 13.2. The second-order valence-electron chi connectivity index (χ2n) is 9.50. The molecule has 10 heteroatoms. The number of carbonyl (C=O) groups excluding carboxylic acids is 1. The highest BCUT2D eigenvalue weighted by atomic mass is 35.5. The number of carbonyl (C=O) groups is 1. The molecule has 0 bridgehead atoms. The number of alkyl halides is 1. The molecule has 3 aromatic rings. The summed E-state index contributed by atoms with van der Waals surface area (Å²) < 4.78 is 26.2. The number of pyridine rings is 1. The Morgan fingerprint density at radius 3 is 2.53 bits per heavy atom. The lowest BCUT2D eigenvalue weighted by Gasteiger charge is -2.40. The van der Waals surface area contributed by atoms with Crippen molar-refractivity contribution in [3.05, 3.63) is 59.2 Å². The van der Waals surface area contributed by atoms with Crippen LogP contribution in [0.1, 0.15) is 37.4 Å². The minimum Gasteiger partial charge on any atom is -0.497 e. The Morgan fingerprint density at radius 2 is 1.87 bits per heavy atom. The fraction of sp³-hybridized carbons (Fsp3) is 0.429. The third kappa shape index (κ3) is 6.51. The first-order valence-electron chi connectivity index (χ1n) is 12.6. The summed E-state index contributed by atoms with van der Waals surface area (Å²) in [5, 5.41) is 10.3. The number of halogens is 2. The predicted molar refractivity (Wildman–Crippen MR) is 148 cm³/mol. The fourth-order valence-electron chi connectivity index (χ4n) is 5.04. The highest BCUT2D eigenvalue weighted by Crippen LogP contribution is 2.42. The maximum atomic E-state index is 15.7. The monoisotopic (exact) mass is 561 g/mol. The fourth-order valence-corrected chi connectivity index (χ4v) is 6.22. The summed E-state index contributed by atoms with van der Waals surface area (Å²) in [7, 11) is 3.20. The molecule has 2 heterocycles. The van der Waals surface area contributed by atoms with Crippen molar-refractivity contribution in [2.75, 3.05) is 39.6 Å². The van der Waals surface area contributed by atoms with Gasteiger partial charge in [0.05, 0.1) is 30.2 Å². The van der Waals surface area contributed by atoms with Crippen LogP contribution in [0.3, 0.4) is 0 Å². The molecule has 1 aliphatic heterocycles. The van der Waals surface area contributed by atoms with Gasteiger partial charge in [-0.25, -0.2) is 9.87 Å². The van der Waals surface area contributed by atoms with E-state index in [0.717, 1.165) is 18.0 Å². The number of rotatable bonds is 11. The van der Waals surface area contributed by atoms with Crippen LogP contribution in [0.15, 0.2) is 53.6 Å². The van der Waals surface area contributed by atoms with E-state index in [1.165, 1.54) is 11.1 Å². The lowest BCUT2D eigenvalue weighted by molar-refractivity contribution is -0.143. The number of nitrogens with one attached hydrogen (secondary N) is 1. The number of fused-ring (bicyclic) bond motifs is 1. The molecule has 0 aliphatic carbocycles. The molecule has 1 fully saturated rings. The second kappa shape index (κ2) is 13.0. The van der Waals surface area contributed by atoms with E-state index in [4.69, 9.17) is 21.1 Å². The number of hydrogen-bond donors (Lipinski definition) is 2. The third-order valence-corrected chi connectivity index (χ3v) is 8.68. The maximum absolute atomic E-state index is 15.7. The van der Waals surface area contributed by atoms with E-state index in [9.17, 15) is 10.0 Å². The normalized spacial score (nSPS) is 16.2. The molecule has 1 saturated heterocycles. The van der Waals surface area contributed by atoms with Crippen molar-refractivity contribution >= 4 is 40.2 Å². The number of benzene rings is 2. The van der Waals surface area contributed by atoms with Crippen LogP contribution in [-0.2, 0) is 4.79 Å². The van der Waals surface area contributed by atoms with Crippen molar-refractivity contribution in [1.82, 2.24) is 15.4 Å². The molecule has 1 amide bonds. The van der Waals surface area contributed by atoms with Gasteiger partial charge in [-0.2, -0.15) is 0 Å². The Kier molecular flexibility index (Phi) is 9.70. The van der Waals surface area contributed by atoms with Crippen molar-refractivity contribution in [1.29, 1.82) is 0 Å². The van der Waals surface area contributed by atoms with Gasteiger partial charge in [0.25, 0.3) is 0 Å². The van der Waals surface area contributed by atoms with Gasteiger partial charge >= 0.3 is 0 Å². The average Bonchev–Trinajstić information content (AvgIpc) is 2.96. The summed E-state index contributed by atoms with van der Waals surface area (Å²) in [4.78, 5) is 20.6. The van der Waals surface area contributed by atoms with Crippen LogP contribution >= 0.6 is 23.4 Å². The van der Waals surface area contributed by atoms with Gasteiger partial charge in [-0.05, 0) is 81.2 Å². The molecule has 0 spiro atoms. The largest absolute Gasteiger partial charge is 0.497 e. The van der Waals surface area contributed by atoms with Crippen LogP contribution in [0, 0.1) is 5.41 Å². The summed E-state index contributed by atoms with van der Waals surface area (Å²) in [5.41, 5.74) is 1.97. The van der Waals surface area contributed by atoms with Crippen LogP contribution in [0.25, 0.3) is 10.9 Å². The van der Waals surface area contributed by atoms with E-state index < -0.39 is 17.5 Å². The van der Waals surface area contributed by atoms with Gasteiger partial charge in [0.2, 0.25) is 5.91 Å². The number of likely N-dealkylation sites (tertiary alicyclic amines) is 1. The summed E-state index contributed by atoms with van der Waals surface area (Å²) in [6.07, 6.45) is 1.52. The molecule has 1 aromatic heterocycles. The maximum Gasteiger partial charge on any atom is 0.249 e. The average molecular weight is 562 g/mol. The molecule has 0 radical (unpaired) electrons. The van der Waals surface area contributed by atoms with Gasteiger partial charge in [0.15, 0.2) is 0 Å². The number of nitrogens with zero attached hydrogens (tertiary/aromatic N) is 2. The van der Waals surface area contributed by atoms with Crippen LogP contribution < -0.4 is 15.0 Å². The lowest BCUT2D eigenvalue weighted by atomic mass is 9.73. The minimum absolute atomic E-state index is 0.0940. The minimum atomic E-state index is -1.40. The zero-order valence-corrected chi connectivity index (χ0v) is 23.2. The van der Waals surface area contributed by atoms with E-state index >= 15 is 4.39 Å². The molecule has 204 valence electrons. The van der Waals surface area contributed by atoms with Gasteiger partial charge < -0.3 is 14.4 Å². The number of thioether (sulfide) groups is 1. The molecule has 1 unspecified atom stereocenters. The van der Waals surface area contributed by atoms with Gasteiger partial charge in [-0.3, -0.25) is 15.0 Å². The molecule has 7 nitrogen and oxygen atoms in total. The summed E-state index contributed by atoms with van der Waals surface area (Å²) in [5.74, 6) is 1.88. The summed E-state index contributed by atoms with van der Waals surface area (Å²) in [6.45, 7) is 2.27. The Hall–Kier alpha value is -2.59. The molecule has 2 N–H and O–H groups in total. The van der Waals surface area contributed by atoms with Gasteiger partial charge in [0, 0.05) is 34.3 Å². The van der Waals surface area contributed by atoms with E-state index in [-0.39, 0.29) is 11.4 Å². The predicted octanol–water partition coefficient (Wildman–Crippen LogP) is 6.08. The molecular formula is C28H33ClFN3O4S. The number of ether oxygens (including phenoxy) is 2. The molecule has 38 heavy (non-hydrogen) atoms. The molecule has 1 atom stereocenters. The van der Waals surface area contributed by atoms with E-state index in [2.05, 4.69) is 9.88 Å². The van der Waals surface area contributed by atoms with Gasteiger partial charge in [-0.15, -0.1) is 11.8 Å². The van der Waals surface area contributed by atoms with Gasteiger partial charge in [0.1, 0.15) is 17.7 Å². The molecule has 4 rings (SSSR count). The number of piperidine rings is 1. The number of hydrogen-bond acceptors (Lipinski definition) is 7. The van der Waals surface area contributed by atoms with Crippen molar-refractivity contribution in [2.24, 2.45) is 5.41 Å². The second-order valence-corrected chi connectivity index (χ2v) is 11.1.